The van der Waals surface area contributed by atoms with E-state index in [1.54, 1.807) is 0 Å². The van der Waals surface area contributed by atoms with Crippen LogP contribution in [0.3, 0.4) is 0 Å². The molecule has 1 saturated carbocycles. The quantitative estimate of drug-likeness (QED) is 0.661. The van der Waals surface area contributed by atoms with Gasteiger partial charge in [0.05, 0.1) is 0 Å². The summed E-state index contributed by atoms with van der Waals surface area (Å²) < 4.78 is 1.96. The van der Waals surface area contributed by atoms with Crippen LogP contribution in [0.15, 0.2) is 59.8 Å². The monoisotopic (exact) mass is 378 g/mol. The molecule has 1 atom stereocenters. The highest BCUT2D eigenvalue weighted by Crippen LogP contribution is 2.36. The molecule has 1 aliphatic carbocycles. The first-order valence-corrected chi connectivity index (χ1v) is 9.98. The van der Waals surface area contributed by atoms with E-state index in [0.717, 1.165) is 34.9 Å². The summed E-state index contributed by atoms with van der Waals surface area (Å²) in [5.74, 6) is 0.837. The predicted octanol–water partition coefficient (Wildman–Crippen LogP) is 3.90. The number of benzene rings is 2. The molecule has 1 unspecified atom stereocenters. The van der Waals surface area contributed by atoms with Crippen molar-refractivity contribution in [1.82, 2.24) is 20.1 Å². The highest BCUT2D eigenvalue weighted by molar-refractivity contribution is 8.00. The number of hydrogen-bond acceptors (Lipinski definition) is 4. The maximum Gasteiger partial charge on any atom is 0.238 e. The molecule has 0 bridgehead atoms. The summed E-state index contributed by atoms with van der Waals surface area (Å²) in [6.45, 7) is 2.06. The zero-order valence-electron chi connectivity index (χ0n) is 15.4. The van der Waals surface area contributed by atoms with Gasteiger partial charge < -0.3 is 9.88 Å². The van der Waals surface area contributed by atoms with Gasteiger partial charge in [-0.1, -0.05) is 65.9 Å². The fourth-order valence-corrected chi connectivity index (χ4v) is 3.98. The van der Waals surface area contributed by atoms with Gasteiger partial charge in [-0.2, -0.15) is 0 Å². The molecule has 5 nitrogen and oxygen atoms in total. The second-order valence-corrected chi connectivity index (χ2v) is 8.00. The van der Waals surface area contributed by atoms with E-state index in [4.69, 9.17) is 0 Å². The summed E-state index contributed by atoms with van der Waals surface area (Å²) in [5, 5.41) is 12.2. The first-order valence-electron chi connectivity index (χ1n) is 9.10. The molecule has 0 saturated heterocycles. The number of amides is 1. The molecule has 4 rings (SSSR count). The van der Waals surface area contributed by atoms with Gasteiger partial charge in [0.2, 0.25) is 5.91 Å². The maximum atomic E-state index is 12.8. The Labute approximate surface area is 163 Å². The van der Waals surface area contributed by atoms with Crippen LogP contribution < -0.4 is 5.32 Å². The van der Waals surface area contributed by atoms with Crippen molar-refractivity contribution in [2.24, 2.45) is 7.05 Å². The smallest absolute Gasteiger partial charge is 0.238 e. The average molecular weight is 379 g/mol. The number of nitrogens with zero attached hydrogens (tertiary/aromatic N) is 3. The van der Waals surface area contributed by atoms with Crippen molar-refractivity contribution >= 4 is 17.7 Å². The van der Waals surface area contributed by atoms with Gasteiger partial charge >= 0.3 is 0 Å². The molecule has 27 heavy (non-hydrogen) atoms. The summed E-state index contributed by atoms with van der Waals surface area (Å²) in [4.78, 5) is 12.8. The lowest BCUT2D eigenvalue weighted by atomic mass is 10.1. The largest absolute Gasteiger partial charge is 0.352 e. The van der Waals surface area contributed by atoms with Crippen LogP contribution in [0.5, 0.6) is 0 Å². The molecule has 0 aliphatic heterocycles. The first kappa shape index (κ1) is 17.8. The average Bonchev–Trinajstić information content (AvgIpc) is 3.41. The second kappa shape index (κ2) is 7.56. The number of thioether (sulfide) groups is 1. The van der Waals surface area contributed by atoms with Crippen LogP contribution in [0, 0.1) is 6.92 Å². The number of hydrogen-bond donors (Lipinski definition) is 1. The van der Waals surface area contributed by atoms with Gasteiger partial charge in [-0.25, -0.2) is 0 Å². The minimum Gasteiger partial charge on any atom is -0.352 e. The van der Waals surface area contributed by atoms with E-state index >= 15 is 0 Å². The summed E-state index contributed by atoms with van der Waals surface area (Å²) in [5.41, 5.74) is 3.17. The molecule has 2 aromatic carbocycles. The van der Waals surface area contributed by atoms with Crippen LogP contribution >= 0.6 is 11.8 Å². The Morgan fingerprint density at radius 1 is 1.15 bits per heavy atom. The molecular weight excluding hydrogens is 356 g/mol. The number of aryl methyl sites for hydroxylation is 1. The minimum absolute atomic E-state index is 0.0359. The lowest BCUT2D eigenvalue weighted by molar-refractivity contribution is -0.120. The summed E-state index contributed by atoms with van der Waals surface area (Å²) >= 11 is 1.44. The zero-order valence-corrected chi connectivity index (χ0v) is 16.2. The van der Waals surface area contributed by atoms with Gasteiger partial charge in [-0.15, -0.1) is 10.2 Å². The molecule has 1 amide bonds. The maximum absolute atomic E-state index is 12.8. The molecule has 0 radical (unpaired) electrons. The Bertz CT molecular complexity index is 950. The Kier molecular flexibility index (Phi) is 4.99. The number of carbonyl (C=O) groups is 1. The Balaban J connectivity index is 1.62. The van der Waals surface area contributed by atoms with Crippen molar-refractivity contribution < 1.29 is 4.79 Å². The van der Waals surface area contributed by atoms with Crippen LogP contribution in [0.4, 0.5) is 0 Å². The van der Waals surface area contributed by atoms with E-state index < -0.39 is 0 Å². The third-order valence-electron chi connectivity index (χ3n) is 4.60. The zero-order chi connectivity index (χ0) is 18.8. The highest BCUT2D eigenvalue weighted by Gasteiger charge is 2.30. The number of nitrogens with one attached hydrogen (secondary N) is 1. The van der Waals surface area contributed by atoms with E-state index in [-0.39, 0.29) is 11.2 Å². The standard InChI is InChI=1S/C21H22N4OS/c1-14-7-6-10-16(13-14)19-23-24-21(25(19)2)27-18(15-8-4-3-5-9-15)20(26)22-17-11-12-17/h3-10,13,17-18H,11-12H2,1-2H3,(H,22,26). The van der Waals surface area contributed by atoms with Gasteiger partial charge in [0, 0.05) is 18.7 Å². The summed E-state index contributed by atoms with van der Waals surface area (Å²) in [6, 6.07) is 18.4. The van der Waals surface area contributed by atoms with E-state index in [2.05, 4.69) is 34.6 Å². The number of aromatic nitrogens is 3. The lowest BCUT2D eigenvalue weighted by Gasteiger charge is -2.16. The van der Waals surface area contributed by atoms with Gasteiger partial charge in [-0.3, -0.25) is 4.79 Å². The third-order valence-corrected chi connectivity index (χ3v) is 5.89. The van der Waals surface area contributed by atoms with Crippen LogP contribution in [0.1, 0.15) is 29.2 Å². The van der Waals surface area contributed by atoms with Crippen molar-refractivity contribution in [3.8, 4) is 11.4 Å². The topological polar surface area (TPSA) is 59.8 Å². The van der Waals surface area contributed by atoms with Crippen molar-refractivity contribution in [1.29, 1.82) is 0 Å². The normalized spacial score (nSPS) is 14.7. The number of carbonyl (C=O) groups excluding carboxylic acids is 1. The molecular formula is C21H22N4OS. The number of rotatable bonds is 6. The molecule has 3 aromatic rings. The van der Waals surface area contributed by atoms with E-state index in [0.29, 0.717) is 6.04 Å². The van der Waals surface area contributed by atoms with Crippen molar-refractivity contribution in [2.45, 2.75) is 36.2 Å². The van der Waals surface area contributed by atoms with Crippen molar-refractivity contribution in [2.75, 3.05) is 0 Å². The van der Waals surface area contributed by atoms with Crippen molar-refractivity contribution in [3.05, 3.63) is 65.7 Å². The van der Waals surface area contributed by atoms with Gasteiger partial charge in [0.1, 0.15) is 5.25 Å². The van der Waals surface area contributed by atoms with Gasteiger partial charge in [-0.05, 0) is 31.4 Å². The van der Waals surface area contributed by atoms with Crippen LogP contribution in [0.2, 0.25) is 0 Å². The second-order valence-electron chi connectivity index (χ2n) is 6.93. The molecule has 6 heteroatoms. The molecule has 1 fully saturated rings. The van der Waals surface area contributed by atoms with Crippen LogP contribution in [-0.2, 0) is 11.8 Å². The van der Waals surface area contributed by atoms with Crippen molar-refractivity contribution in [3.63, 3.8) is 0 Å². The van der Waals surface area contributed by atoms with Gasteiger partial charge in [0.25, 0.3) is 0 Å². The van der Waals surface area contributed by atoms with E-state index in [1.807, 2.05) is 54.1 Å². The Morgan fingerprint density at radius 3 is 2.63 bits per heavy atom. The third kappa shape index (κ3) is 4.06. The van der Waals surface area contributed by atoms with Crippen LogP contribution in [-0.4, -0.2) is 26.7 Å². The molecule has 1 aliphatic rings. The predicted molar refractivity (Wildman–Crippen MR) is 107 cm³/mol. The Hall–Kier alpha value is -2.60. The fraction of sp³-hybridized carbons (Fsp3) is 0.286. The highest BCUT2D eigenvalue weighted by atomic mass is 32.2. The molecule has 1 aromatic heterocycles. The van der Waals surface area contributed by atoms with E-state index in [9.17, 15) is 4.79 Å². The summed E-state index contributed by atoms with van der Waals surface area (Å²) in [7, 11) is 1.95. The SMILES string of the molecule is Cc1cccc(-c2nnc(SC(C(=O)NC3CC3)c3ccccc3)n2C)c1. The first-order chi connectivity index (χ1) is 13.1. The fourth-order valence-electron chi connectivity index (χ4n) is 2.96. The lowest BCUT2D eigenvalue weighted by Crippen LogP contribution is -2.29. The Morgan fingerprint density at radius 2 is 1.93 bits per heavy atom. The molecule has 1 N–H and O–H groups in total. The van der Waals surface area contributed by atoms with Gasteiger partial charge in [0.15, 0.2) is 11.0 Å². The summed E-state index contributed by atoms with van der Waals surface area (Å²) in [6.07, 6.45) is 2.14. The van der Waals surface area contributed by atoms with Crippen LogP contribution in [0.25, 0.3) is 11.4 Å². The minimum atomic E-state index is -0.347. The molecule has 1 heterocycles. The molecule has 138 valence electrons. The molecule has 0 spiro atoms. The van der Waals surface area contributed by atoms with E-state index in [1.165, 1.54) is 17.3 Å².